The van der Waals surface area contributed by atoms with Crippen LogP contribution in [-0.2, 0) is 6.42 Å². The maximum atomic E-state index is 11.8. The summed E-state index contributed by atoms with van der Waals surface area (Å²) in [6, 6.07) is -0.336. The number of rotatable bonds is 1. The fourth-order valence-electron chi connectivity index (χ4n) is 1.99. The number of carbonyl (C=O) groups is 1. The minimum Gasteiger partial charge on any atom is -0.477 e. The molecule has 80 valence electrons. The number of fused-ring (bicyclic) bond motifs is 1. The molecule has 1 aromatic rings. The Kier molecular flexibility index (Phi) is 2.32. The lowest BCUT2D eigenvalue weighted by molar-refractivity contribution is 0.0695. The Morgan fingerprint density at radius 2 is 2.33 bits per heavy atom. The van der Waals surface area contributed by atoms with Gasteiger partial charge in [-0.05, 0) is 19.3 Å². The molecule has 0 bridgehead atoms. The fourth-order valence-corrected chi connectivity index (χ4v) is 1.99. The Morgan fingerprint density at radius 1 is 1.60 bits per heavy atom. The van der Waals surface area contributed by atoms with Crippen LogP contribution < -0.4 is 11.2 Å². The maximum absolute atomic E-state index is 11.8. The summed E-state index contributed by atoms with van der Waals surface area (Å²) in [4.78, 5) is 25.4. The lowest BCUT2D eigenvalue weighted by Gasteiger charge is -2.21. The number of carboxylic acids is 1. The molecule has 1 aliphatic carbocycles. The molecule has 4 N–H and O–H groups in total. The molecule has 1 aromatic heterocycles. The molecule has 2 rings (SSSR count). The standard InChI is InChI=1S/C10H12N2O3/c11-6-2-1-3-7-8(6)9(13)5(4-12-7)10(14)15/h4,6H,1-3,11H2,(H,12,13)(H,14,15). The van der Waals surface area contributed by atoms with E-state index in [2.05, 4.69) is 4.98 Å². The molecule has 1 aliphatic rings. The minimum atomic E-state index is -1.21. The third-order valence-corrected chi connectivity index (χ3v) is 2.75. The number of hydrogen-bond acceptors (Lipinski definition) is 3. The average molecular weight is 208 g/mol. The molecular weight excluding hydrogens is 196 g/mol. The molecule has 5 nitrogen and oxygen atoms in total. The normalized spacial score (nSPS) is 19.7. The van der Waals surface area contributed by atoms with Crippen molar-refractivity contribution in [3.8, 4) is 0 Å². The average Bonchev–Trinajstić information content (AvgIpc) is 2.17. The van der Waals surface area contributed by atoms with Crippen molar-refractivity contribution in [3.63, 3.8) is 0 Å². The van der Waals surface area contributed by atoms with Gasteiger partial charge in [-0.25, -0.2) is 4.79 Å². The Morgan fingerprint density at radius 3 is 3.00 bits per heavy atom. The summed E-state index contributed by atoms with van der Waals surface area (Å²) in [5, 5.41) is 8.79. The lowest BCUT2D eigenvalue weighted by Crippen LogP contribution is -2.30. The van der Waals surface area contributed by atoms with E-state index < -0.39 is 11.4 Å². The van der Waals surface area contributed by atoms with Crippen LogP contribution in [0.25, 0.3) is 0 Å². The number of carboxylic acid groups (broad SMARTS) is 1. The van der Waals surface area contributed by atoms with E-state index in [1.54, 1.807) is 0 Å². The first-order valence-electron chi connectivity index (χ1n) is 4.84. The zero-order valence-electron chi connectivity index (χ0n) is 8.12. The predicted molar refractivity (Wildman–Crippen MR) is 53.9 cm³/mol. The van der Waals surface area contributed by atoms with Gasteiger partial charge in [-0.1, -0.05) is 0 Å². The zero-order chi connectivity index (χ0) is 11.0. The zero-order valence-corrected chi connectivity index (χ0v) is 8.12. The monoisotopic (exact) mass is 208 g/mol. The van der Waals surface area contributed by atoms with Crippen LogP contribution in [0.4, 0.5) is 0 Å². The van der Waals surface area contributed by atoms with Gasteiger partial charge in [-0.15, -0.1) is 0 Å². The molecule has 0 aromatic carbocycles. The number of aryl methyl sites for hydroxylation is 1. The van der Waals surface area contributed by atoms with Crippen molar-refractivity contribution in [2.24, 2.45) is 5.73 Å². The van der Waals surface area contributed by atoms with E-state index in [1.165, 1.54) is 6.20 Å². The quantitative estimate of drug-likeness (QED) is 0.622. The predicted octanol–water partition coefficient (Wildman–Crippen LogP) is 0.409. The highest BCUT2D eigenvalue weighted by atomic mass is 16.4. The van der Waals surface area contributed by atoms with Gasteiger partial charge in [0.1, 0.15) is 5.56 Å². The van der Waals surface area contributed by atoms with Crippen molar-refractivity contribution >= 4 is 5.97 Å². The van der Waals surface area contributed by atoms with Crippen LogP contribution in [-0.4, -0.2) is 16.1 Å². The summed E-state index contributed by atoms with van der Waals surface area (Å²) in [5.74, 6) is -1.21. The van der Waals surface area contributed by atoms with Crippen molar-refractivity contribution in [2.75, 3.05) is 0 Å². The Labute approximate surface area is 85.9 Å². The van der Waals surface area contributed by atoms with E-state index in [0.717, 1.165) is 25.0 Å². The molecule has 0 saturated heterocycles. The van der Waals surface area contributed by atoms with Gasteiger partial charge >= 0.3 is 5.97 Å². The minimum absolute atomic E-state index is 0.230. The highest BCUT2D eigenvalue weighted by Gasteiger charge is 2.23. The van der Waals surface area contributed by atoms with Crippen molar-refractivity contribution in [3.05, 3.63) is 33.2 Å². The van der Waals surface area contributed by atoms with Gasteiger partial charge in [-0.2, -0.15) is 0 Å². The summed E-state index contributed by atoms with van der Waals surface area (Å²) in [6.45, 7) is 0. The van der Waals surface area contributed by atoms with E-state index in [-0.39, 0.29) is 11.6 Å². The number of nitrogens with two attached hydrogens (primary N) is 1. The molecule has 15 heavy (non-hydrogen) atoms. The summed E-state index contributed by atoms with van der Waals surface area (Å²) in [7, 11) is 0. The van der Waals surface area contributed by atoms with Crippen molar-refractivity contribution in [1.29, 1.82) is 0 Å². The smallest absolute Gasteiger partial charge is 0.341 e. The van der Waals surface area contributed by atoms with Crippen molar-refractivity contribution < 1.29 is 9.90 Å². The number of pyridine rings is 1. The molecule has 5 heteroatoms. The Bertz CT molecular complexity index is 464. The molecule has 0 saturated carbocycles. The second-order valence-electron chi connectivity index (χ2n) is 3.73. The van der Waals surface area contributed by atoms with E-state index in [1.807, 2.05) is 0 Å². The molecule has 0 aliphatic heterocycles. The lowest BCUT2D eigenvalue weighted by atomic mass is 9.90. The highest BCUT2D eigenvalue weighted by Crippen LogP contribution is 2.23. The largest absolute Gasteiger partial charge is 0.477 e. The molecule has 1 unspecified atom stereocenters. The molecule has 1 atom stereocenters. The summed E-state index contributed by atoms with van der Waals surface area (Å²) in [5.41, 5.74) is 6.36. The van der Waals surface area contributed by atoms with Gasteiger partial charge < -0.3 is 15.8 Å². The van der Waals surface area contributed by atoms with E-state index in [4.69, 9.17) is 10.8 Å². The molecule has 0 spiro atoms. The SMILES string of the molecule is NC1CCCc2[nH]cc(C(=O)O)c(=O)c21. The third-order valence-electron chi connectivity index (χ3n) is 2.75. The number of nitrogens with one attached hydrogen (secondary N) is 1. The van der Waals surface area contributed by atoms with E-state index >= 15 is 0 Å². The number of aromatic carboxylic acids is 1. The van der Waals surface area contributed by atoms with Crippen LogP contribution in [0.15, 0.2) is 11.0 Å². The van der Waals surface area contributed by atoms with Crippen LogP contribution in [0.5, 0.6) is 0 Å². The molecule has 0 amide bonds. The first-order chi connectivity index (χ1) is 7.11. The summed E-state index contributed by atoms with van der Waals surface area (Å²) >= 11 is 0. The fraction of sp³-hybridized carbons (Fsp3) is 0.400. The van der Waals surface area contributed by atoms with Crippen molar-refractivity contribution in [1.82, 2.24) is 4.98 Å². The number of H-pyrrole nitrogens is 1. The van der Waals surface area contributed by atoms with Crippen LogP contribution in [0.3, 0.4) is 0 Å². The van der Waals surface area contributed by atoms with E-state index in [0.29, 0.717) is 5.56 Å². The van der Waals surface area contributed by atoms with Crippen LogP contribution in [0.1, 0.15) is 40.5 Å². The van der Waals surface area contributed by atoms with E-state index in [9.17, 15) is 9.59 Å². The third kappa shape index (κ3) is 1.55. The van der Waals surface area contributed by atoms with Gasteiger partial charge in [-0.3, -0.25) is 4.79 Å². The van der Waals surface area contributed by atoms with Gasteiger partial charge in [0.15, 0.2) is 0 Å². The highest BCUT2D eigenvalue weighted by molar-refractivity contribution is 5.87. The van der Waals surface area contributed by atoms with Gasteiger partial charge in [0.05, 0.1) is 0 Å². The second kappa shape index (κ2) is 3.51. The number of hydrogen-bond donors (Lipinski definition) is 3. The van der Waals surface area contributed by atoms with Crippen LogP contribution in [0, 0.1) is 0 Å². The molecule has 0 fully saturated rings. The van der Waals surface area contributed by atoms with Gasteiger partial charge in [0.2, 0.25) is 5.43 Å². The topological polar surface area (TPSA) is 96.2 Å². The molecule has 1 heterocycles. The Hall–Kier alpha value is -1.62. The van der Waals surface area contributed by atoms with Gasteiger partial charge in [0.25, 0.3) is 0 Å². The molecular formula is C10H12N2O3. The summed E-state index contributed by atoms with van der Waals surface area (Å²) < 4.78 is 0. The van der Waals surface area contributed by atoms with Crippen LogP contribution in [0.2, 0.25) is 0 Å². The maximum Gasteiger partial charge on any atom is 0.341 e. The van der Waals surface area contributed by atoms with Gasteiger partial charge in [0, 0.05) is 23.5 Å². The first kappa shape index (κ1) is 9.92. The van der Waals surface area contributed by atoms with Crippen LogP contribution >= 0.6 is 0 Å². The number of aromatic nitrogens is 1. The number of aromatic amines is 1. The second-order valence-corrected chi connectivity index (χ2v) is 3.73. The Balaban J connectivity index is 2.65. The summed E-state index contributed by atoms with van der Waals surface area (Å²) in [6.07, 6.45) is 3.68. The molecule has 0 radical (unpaired) electrons. The van der Waals surface area contributed by atoms with Crippen molar-refractivity contribution in [2.45, 2.75) is 25.3 Å². The first-order valence-corrected chi connectivity index (χ1v) is 4.84.